The van der Waals surface area contributed by atoms with Gasteiger partial charge in [-0.25, -0.2) is 0 Å². The minimum Gasteiger partial charge on any atom is -0.370 e. The molecule has 1 amide bonds. The second-order valence-electron chi connectivity index (χ2n) is 9.18. The van der Waals surface area contributed by atoms with Gasteiger partial charge >= 0.3 is 0 Å². The predicted octanol–water partition coefficient (Wildman–Crippen LogP) is 5.48. The van der Waals surface area contributed by atoms with Gasteiger partial charge < -0.3 is 10.2 Å². The summed E-state index contributed by atoms with van der Waals surface area (Å²) in [7, 11) is 0. The molecule has 1 aromatic heterocycles. The Hall–Kier alpha value is -2.02. The first-order valence-electron chi connectivity index (χ1n) is 11.0. The molecule has 3 fully saturated rings. The molecular formula is C25H26IN3O. The quantitative estimate of drug-likeness (QED) is 0.553. The van der Waals surface area contributed by atoms with Crippen molar-refractivity contribution in [3.05, 3.63) is 57.5 Å². The number of nitrogens with zero attached hydrogens (tertiary/aromatic N) is 2. The van der Waals surface area contributed by atoms with E-state index in [1.54, 1.807) is 6.20 Å². The van der Waals surface area contributed by atoms with Gasteiger partial charge in [0.15, 0.2) is 0 Å². The van der Waals surface area contributed by atoms with Gasteiger partial charge in [-0.15, -0.1) is 0 Å². The Balaban J connectivity index is 1.27. The lowest BCUT2D eigenvalue weighted by Gasteiger charge is -2.35. The largest absolute Gasteiger partial charge is 0.370 e. The average Bonchev–Trinajstić information content (AvgIpc) is 3.71. The molecule has 2 aromatic rings. The third kappa shape index (κ3) is 3.51. The van der Waals surface area contributed by atoms with E-state index in [4.69, 9.17) is 0 Å². The van der Waals surface area contributed by atoms with Crippen LogP contribution in [0.15, 0.2) is 51.9 Å². The van der Waals surface area contributed by atoms with Crippen LogP contribution in [-0.2, 0) is 4.79 Å². The highest BCUT2D eigenvalue weighted by atomic mass is 127. The zero-order valence-corrected chi connectivity index (χ0v) is 19.2. The van der Waals surface area contributed by atoms with Gasteiger partial charge in [0.05, 0.1) is 22.5 Å². The number of hydrogen-bond acceptors (Lipinski definition) is 3. The minimum atomic E-state index is -0.103. The van der Waals surface area contributed by atoms with Crippen molar-refractivity contribution >= 4 is 47.2 Å². The molecule has 0 unspecified atom stereocenters. The van der Waals surface area contributed by atoms with E-state index < -0.39 is 0 Å². The smallest absolute Gasteiger partial charge is 0.257 e. The number of fused-ring (bicyclic) bond motifs is 1. The van der Waals surface area contributed by atoms with Gasteiger partial charge in [-0.1, -0.05) is 32.9 Å². The van der Waals surface area contributed by atoms with Crippen LogP contribution in [-0.4, -0.2) is 32.9 Å². The molecule has 3 heterocycles. The van der Waals surface area contributed by atoms with Gasteiger partial charge in [-0.3, -0.25) is 9.78 Å². The fourth-order valence-electron chi connectivity index (χ4n) is 4.80. The third-order valence-corrected chi connectivity index (χ3v) is 8.90. The fourth-order valence-corrected chi connectivity index (χ4v) is 6.65. The second-order valence-corrected chi connectivity index (χ2v) is 11.2. The molecule has 0 bridgehead atoms. The lowest BCUT2D eigenvalue weighted by Crippen LogP contribution is -2.36. The van der Waals surface area contributed by atoms with Gasteiger partial charge in [0.2, 0.25) is 0 Å². The molecule has 4 aliphatic rings. The molecule has 30 heavy (non-hydrogen) atoms. The molecule has 2 aliphatic heterocycles. The van der Waals surface area contributed by atoms with Crippen molar-refractivity contribution in [3.63, 3.8) is 0 Å². The lowest BCUT2D eigenvalue weighted by molar-refractivity contribution is -0.112. The SMILES string of the molecule is O=C(Nc1ccnc2cc(C3CC3)ccc12)C1=C(N2CCC3(CC2)CC3)C=IC=C1. The van der Waals surface area contributed by atoms with Gasteiger partial charge in [0.25, 0.3) is 5.91 Å². The maximum absolute atomic E-state index is 13.3. The summed E-state index contributed by atoms with van der Waals surface area (Å²) in [4.78, 5) is 20.3. The summed E-state index contributed by atoms with van der Waals surface area (Å²) in [6.45, 7) is 2.17. The Morgan fingerprint density at radius 2 is 1.97 bits per heavy atom. The second kappa shape index (κ2) is 7.29. The van der Waals surface area contributed by atoms with Crippen LogP contribution in [0.4, 0.5) is 5.69 Å². The molecule has 1 spiro atoms. The molecule has 1 saturated heterocycles. The van der Waals surface area contributed by atoms with Gasteiger partial charge in [0.1, 0.15) is 0 Å². The van der Waals surface area contributed by atoms with Crippen molar-refractivity contribution in [1.82, 2.24) is 9.88 Å². The Morgan fingerprint density at radius 3 is 2.73 bits per heavy atom. The number of carbonyl (C=O) groups is 1. The summed E-state index contributed by atoms with van der Waals surface area (Å²) in [5.41, 5.74) is 5.81. The number of nitrogens with one attached hydrogen (secondary N) is 1. The summed E-state index contributed by atoms with van der Waals surface area (Å²) in [6.07, 6.45) is 11.8. The fraction of sp³-hybridized carbons (Fsp3) is 0.400. The number of piperidine rings is 1. The molecule has 1 N–H and O–H groups in total. The van der Waals surface area contributed by atoms with Crippen LogP contribution in [0.1, 0.15) is 50.0 Å². The molecule has 6 rings (SSSR count). The number of aromatic nitrogens is 1. The van der Waals surface area contributed by atoms with Crippen LogP contribution in [0, 0.1) is 5.41 Å². The highest BCUT2D eigenvalue weighted by molar-refractivity contribution is 14.2. The third-order valence-electron chi connectivity index (χ3n) is 7.17. The van der Waals surface area contributed by atoms with Crippen LogP contribution in [0.2, 0.25) is 0 Å². The van der Waals surface area contributed by atoms with E-state index in [1.165, 1.54) is 44.1 Å². The number of amides is 1. The van der Waals surface area contributed by atoms with E-state index in [0.717, 1.165) is 40.9 Å². The van der Waals surface area contributed by atoms with Crippen molar-refractivity contribution in [1.29, 1.82) is 0 Å². The summed E-state index contributed by atoms with van der Waals surface area (Å²) in [5.74, 6) is 0.694. The molecule has 0 atom stereocenters. The molecule has 1 aromatic carbocycles. The molecule has 0 radical (unpaired) electrons. The molecule has 2 aliphatic carbocycles. The van der Waals surface area contributed by atoms with Crippen LogP contribution >= 0.6 is 20.7 Å². The van der Waals surface area contributed by atoms with Crippen molar-refractivity contribution in [3.8, 4) is 0 Å². The number of rotatable bonds is 4. The Bertz CT molecular complexity index is 1110. The standard InChI is InChI=1S/C25H26IN3O/c30-24(20-5-11-26-16-23(20)29-13-9-25(7-8-25)10-14-29)28-21-6-12-27-22-15-18(17-1-2-17)3-4-19(21)22/h3-6,11-12,15-17H,1-2,7-10,13-14H2,(H,27,28,30). The van der Waals surface area contributed by atoms with Crippen molar-refractivity contribution < 1.29 is 4.79 Å². The molecule has 154 valence electrons. The molecule has 5 heteroatoms. The number of pyridine rings is 1. The predicted molar refractivity (Wildman–Crippen MR) is 131 cm³/mol. The highest BCUT2D eigenvalue weighted by Crippen LogP contribution is 2.54. The van der Waals surface area contributed by atoms with E-state index in [2.05, 4.69) is 41.5 Å². The zero-order valence-electron chi connectivity index (χ0n) is 17.0. The maximum Gasteiger partial charge on any atom is 0.257 e. The first-order chi connectivity index (χ1) is 14.7. The monoisotopic (exact) mass is 511 g/mol. The molecule has 4 nitrogen and oxygen atoms in total. The van der Waals surface area contributed by atoms with Crippen LogP contribution in [0.3, 0.4) is 0 Å². The van der Waals surface area contributed by atoms with Gasteiger partial charge in [-0.05, 0) is 81.7 Å². The highest BCUT2D eigenvalue weighted by Gasteiger charge is 2.44. The van der Waals surface area contributed by atoms with Crippen molar-refractivity contribution in [2.45, 2.75) is 44.4 Å². The molecule has 2 saturated carbocycles. The molecular weight excluding hydrogens is 485 g/mol. The number of hydrogen-bond donors (Lipinski definition) is 1. The summed E-state index contributed by atoms with van der Waals surface area (Å²) in [5, 5.41) is 4.21. The normalized spacial score (nSPS) is 22.3. The summed E-state index contributed by atoms with van der Waals surface area (Å²) >= 11 is -0.103. The van der Waals surface area contributed by atoms with Crippen LogP contribution < -0.4 is 5.32 Å². The number of carbonyl (C=O) groups excluding carboxylic acids is 1. The summed E-state index contributed by atoms with van der Waals surface area (Å²) < 4.78 is 4.52. The number of benzene rings is 1. The Labute approximate surface area is 187 Å². The van der Waals surface area contributed by atoms with Crippen molar-refractivity contribution in [2.24, 2.45) is 5.41 Å². The number of allylic oxidation sites excluding steroid dienone is 1. The number of likely N-dealkylation sites (tertiary alicyclic amines) is 1. The average molecular weight is 511 g/mol. The van der Waals surface area contributed by atoms with Crippen LogP contribution in [0.25, 0.3) is 10.9 Å². The van der Waals surface area contributed by atoms with E-state index in [-0.39, 0.29) is 26.6 Å². The Morgan fingerprint density at radius 1 is 1.13 bits per heavy atom. The topological polar surface area (TPSA) is 45.2 Å². The number of anilines is 1. The first-order valence-corrected chi connectivity index (χ1v) is 13.5. The first kappa shape index (κ1) is 18.7. The number of halogens is 1. The Kier molecular flexibility index (Phi) is 4.55. The van der Waals surface area contributed by atoms with E-state index in [0.29, 0.717) is 11.3 Å². The van der Waals surface area contributed by atoms with Gasteiger partial charge in [0, 0.05) is 24.7 Å². The van der Waals surface area contributed by atoms with E-state index in [1.807, 2.05) is 12.1 Å². The van der Waals surface area contributed by atoms with Crippen molar-refractivity contribution in [2.75, 3.05) is 18.4 Å². The zero-order chi connectivity index (χ0) is 20.1. The summed E-state index contributed by atoms with van der Waals surface area (Å²) in [6, 6.07) is 8.42. The van der Waals surface area contributed by atoms with E-state index >= 15 is 0 Å². The maximum atomic E-state index is 13.3. The van der Waals surface area contributed by atoms with Gasteiger partial charge in [-0.2, -0.15) is 0 Å². The van der Waals surface area contributed by atoms with Crippen LogP contribution in [0.5, 0.6) is 0 Å². The lowest BCUT2D eigenvalue weighted by atomic mass is 9.93. The minimum absolute atomic E-state index is 0.00770. The van der Waals surface area contributed by atoms with E-state index in [9.17, 15) is 4.79 Å².